The summed E-state index contributed by atoms with van der Waals surface area (Å²) in [6, 6.07) is 18.0. The third-order valence-electron chi connectivity index (χ3n) is 9.43. The number of rotatable bonds is 27. The van der Waals surface area contributed by atoms with E-state index in [9.17, 15) is 5.53 Å². The summed E-state index contributed by atoms with van der Waals surface area (Å²) in [5.41, 5.74) is 18.2. The Bertz CT molecular complexity index is 1250. The third-order valence-corrected chi connectivity index (χ3v) is 9.43. The molecule has 0 aromatic heterocycles. The SMILES string of the molecule is CCCCCCCCCCCCCCC=CC(=C=[N+]=[N-])C(CCCC)=C(c1cccc(C)c1)c1cccc(CCCCCCCC)c1. The fourth-order valence-electron chi connectivity index (χ4n) is 6.62. The molecule has 0 aliphatic carbocycles. The highest BCUT2D eigenvalue weighted by Crippen LogP contribution is 2.34. The van der Waals surface area contributed by atoms with E-state index in [0.29, 0.717) is 0 Å². The molecule has 2 aromatic rings. The van der Waals surface area contributed by atoms with Gasteiger partial charge < -0.3 is 5.53 Å². The largest absolute Gasteiger partial charge is 0.348 e. The zero-order valence-electron chi connectivity index (χ0n) is 30.9. The first kappa shape index (κ1) is 40.3. The number of benzene rings is 2. The van der Waals surface area contributed by atoms with Gasteiger partial charge in [0.15, 0.2) is 0 Å². The molecule has 0 heterocycles. The number of hydrogen-bond donors (Lipinski definition) is 0. The van der Waals surface area contributed by atoms with Crippen molar-refractivity contribution in [3.8, 4) is 0 Å². The second-order valence-electron chi connectivity index (χ2n) is 13.8. The number of allylic oxidation sites excluding steroid dienone is 4. The van der Waals surface area contributed by atoms with E-state index < -0.39 is 0 Å². The summed E-state index contributed by atoms with van der Waals surface area (Å²) in [7, 11) is 0. The van der Waals surface area contributed by atoms with Crippen molar-refractivity contribution in [3.05, 3.63) is 99.6 Å². The molecular weight excluding hydrogens is 569 g/mol. The maximum Gasteiger partial charge on any atom is 0.307 e. The summed E-state index contributed by atoms with van der Waals surface area (Å²) in [4.78, 5) is 3.45. The number of aryl methyl sites for hydroxylation is 2. The van der Waals surface area contributed by atoms with E-state index in [1.54, 1.807) is 0 Å². The first-order chi connectivity index (χ1) is 23.1. The van der Waals surface area contributed by atoms with Crippen LogP contribution < -0.4 is 0 Å². The molecule has 0 aliphatic heterocycles. The summed E-state index contributed by atoms with van der Waals surface area (Å²) < 4.78 is 0. The van der Waals surface area contributed by atoms with Gasteiger partial charge in [-0.25, -0.2) is 0 Å². The molecule has 0 aliphatic rings. The van der Waals surface area contributed by atoms with Crippen LogP contribution in [0.15, 0.2) is 71.8 Å². The van der Waals surface area contributed by atoms with Gasteiger partial charge in [0, 0.05) is 0 Å². The van der Waals surface area contributed by atoms with Gasteiger partial charge in [-0.05, 0) is 79.4 Å². The van der Waals surface area contributed by atoms with E-state index in [4.69, 9.17) is 0 Å². The van der Waals surface area contributed by atoms with Crippen molar-refractivity contribution in [1.29, 1.82) is 0 Å². The van der Waals surface area contributed by atoms with Crippen LogP contribution in [-0.2, 0) is 6.42 Å². The Hall–Kier alpha value is -2.92. The molecule has 0 radical (unpaired) electrons. The van der Waals surface area contributed by atoms with Crippen molar-refractivity contribution in [2.24, 2.45) is 0 Å². The topological polar surface area (TPSA) is 36.4 Å². The van der Waals surface area contributed by atoms with Crippen LogP contribution in [0.5, 0.6) is 0 Å². The molecule has 0 fully saturated rings. The standard InChI is InChI=1S/C45H68N2/c1-5-8-11-13-15-16-17-18-19-20-21-22-24-26-32-43(38-47-46)44(35-10-7-3)45(41-33-27-29-39(4)36-41)42-34-28-31-40(37-42)30-25-23-14-12-9-6-2/h26-29,31-34,36-37H,5-25,30,35H2,1-4H3. The molecule has 0 unspecified atom stereocenters. The summed E-state index contributed by atoms with van der Waals surface area (Å²) in [5.74, 6) is 3.00. The number of unbranched alkanes of at least 4 members (excludes halogenated alkanes) is 18. The van der Waals surface area contributed by atoms with Crippen LogP contribution in [-0.4, -0.2) is 10.7 Å². The molecule has 2 rings (SSSR count). The highest BCUT2D eigenvalue weighted by molar-refractivity contribution is 5.88. The minimum Gasteiger partial charge on any atom is -0.348 e. The van der Waals surface area contributed by atoms with E-state index in [2.05, 4.69) is 99.0 Å². The van der Waals surface area contributed by atoms with Gasteiger partial charge in [-0.15, -0.1) is 4.79 Å². The van der Waals surface area contributed by atoms with Crippen LogP contribution in [0.25, 0.3) is 11.1 Å². The Kier molecular flexibility index (Phi) is 23.2. The Morgan fingerprint density at radius 2 is 1.17 bits per heavy atom. The fraction of sp³-hybridized carbons (Fsp3) is 0.600. The molecule has 47 heavy (non-hydrogen) atoms. The lowest BCUT2D eigenvalue weighted by molar-refractivity contribution is 0.00766. The van der Waals surface area contributed by atoms with Crippen molar-refractivity contribution in [2.75, 3.05) is 0 Å². The van der Waals surface area contributed by atoms with E-state index in [0.717, 1.165) is 37.7 Å². The van der Waals surface area contributed by atoms with Gasteiger partial charge in [0.1, 0.15) is 5.57 Å². The molecule has 0 saturated heterocycles. The lowest BCUT2D eigenvalue weighted by atomic mass is 9.85. The van der Waals surface area contributed by atoms with E-state index >= 15 is 0 Å². The lowest BCUT2D eigenvalue weighted by Gasteiger charge is -2.17. The summed E-state index contributed by atoms with van der Waals surface area (Å²) >= 11 is 0. The minimum atomic E-state index is 0.901. The highest BCUT2D eigenvalue weighted by Gasteiger charge is 2.17. The Balaban J connectivity index is 2.18. The van der Waals surface area contributed by atoms with Crippen LogP contribution in [0.4, 0.5) is 0 Å². The molecular formula is C45H68N2. The lowest BCUT2D eigenvalue weighted by Crippen LogP contribution is -2.00. The van der Waals surface area contributed by atoms with Gasteiger partial charge in [-0.1, -0.05) is 190 Å². The van der Waals surface area contributed by atoms with Crippen LogP contribution in [0, 0.1) is 6.92 Å². The molecule has 258 valence electrons. The average molecular weight is 637 g/mol. The van der Waals surface area contributed by atoms with Crippen molar-refractivity contribution < 1.29 is 4.79 Å². The van der Waals surface area contributed by atoms with E-state index in [-0.39, 0.29) is 0 Å². The Labute approximate surface area is 290 Å². The van der Waals surface area contributed by atoms with Crippen LogP contribution >= 0.6 is 0 Å². The first-order valence-corrected chi connectivity index (χ1v) is 19.7. The third kappa shape index (κ3) is 17.7. The number of nitrogens with zero attached hydrogens (tertiary/aromatic N) is 2. The zero-order chi connectivity index (χ0) is 33.8. The molecule has 0 N–H and O–H groups in total. The molecule has 0 atom stereocenters. The molecule has 0 saturated carbocycles. The van der Waals surface area contributed by atoms with Crippen LogP contribution in [0.1, 0.15) is 184 Å². The second-order valence-corrected chi connectivity index (χ2v) is 13.8. The molecule has 2 heteroatoms. The summed E-state index contributed by atoms with van der Waals surface area (Å²) in [6.07, 6.45) is 34.0. The van der Waals surface area contributed by atoms with Crippen molar-refractivity contribution in [3.63, 3.8) is 0 Å². The van der Waals surface area contributed by atoms with Crippen molar-refractivity contribution in [2.45, 2.75) is 175 Å². The van der Waals surface area contributed by atoms with Gasteiger partial charge in [0.05, 0.1) is 0 Å². The molecule has 0 bridgehead atoms. The quantitative estimate of drug-likeness (QED) is 0.0307. The molecule has 0 amide bonds. The van der Waals surface area contributed by atoms with Crippen molar-refractivity contribution >= 4 is 11.4 Å². The number of hydrogen-bond acceptors (Lipinski definition) is 0. The Morgan fingerprint density at radius 3 is 1.74 bits per heavy atom. The van der Waals surface area contributed by atoms with Gasteiger partial charge >= 0.3 is 5.87 Å². The predicted molar refractivity (Wildman–Crippen MR) is 207 cm³/mol. The molecule has 2 nitrogen and oxygen atoms in total. The minimum absolute atomic E-state index is 0.901. The van der Waals surface area contributed by atoms with Gasteiger partial charge in [-0.3, -0.25) is 0 Å². The van der Waals surface area contributed by atoms with Crippen LogP contribution in [0.3, 0.4) is 0 Å². The maximum absolute atomic E-state index is 9.75. The first-order valence-electron chi connectivity index (χ1n) is 19.7. The Morgan fingerprint density at radius 1 is 0.638 bits per heavy atom. The van der Waals surface area contributed by atoms with E-state index in [1.807, 2.05) is 0 Å². The normalized spacial score (nSPS) is 11.8. The molecule has 0 spiro atoms. The average Bonchev–Trinajstić information content (AvgIpc) is 3.08. The fourth-order valence-corrected chi connectivity index (χ4v) is 6.62. The van der Waals surface area contributed by atoms with Gasteiger partial charge in [-0.2, -0.15) is 0 Å². The smallest absolute Gasteiger partial charge is 0.307 e. The maximum atomic E-state index is 9.75. The van der Waals surface area contributed by atoms with Gasteiger partial charge in [0.2, 0.25) is 0 Å². The second kappa shape index (κ2) is 27.1. The summed E-state index contributed by atoms with van der Waals surface area (Å²) in [5, 5.41) is 0. The zero-order valence-corrected chi connectivity index (χ0v) is 30.9. The molecule has 2 aromatic carbocycles. The predicted octanol–water partition coefficient (Wildman–Crippen LogP) is 14.4. The van der Waals surface area contributed by atoms with Crippen molar-refractivity contribution in [1.82, 2.24) is 0 Å². The monoisotopic (exact) mass is 637 g/mol. The van der Waals surface area contributed by atoms with E-state index in [1.165, 1.54) is 149 Å². The van der Waals surface area contributed by atoms with Crippen LogP contribution in [0.2, 0.25) is 0 Å². The highest BCUT2D eigenvalue weighted by atomic mass is 14.8. The summed E-state index contributed by atoms with van der Waals surface area (Å²) in [6.45, 7) is 8.99. The van der Waals surface area contributed by atoms with Gasteiger partial charge in [0.25, 0.3) is 0 Å².